The largest absolute Gasteiger partial charge is 0.462 e. The molecule has 0 radical (unpaired) electrons. The quantitative estimate of drug-likeness (QED) is 0.393. The molecule has 0 amide bonds. The summed E-state index contributed by atoms with van der Waals surface area (Å²) < 4.78 is 17.5. The Morgan fingerprint density at radius 2 is 1.73 bits per heavy atom. The second-order valence-corrected chi connectivity index (χ2v) is 11.3. The Hall–Kier alpha value is -1.81. The Kier molecular flexibility index (Phi) is 4.63. The molecule has 9 heteroatoms. The molecule has 182 valence electrons. The fraction of sp³-hybridized carbons (Fsp3) is 0.792. The summed E-state index contributed by atoms with van der Waals surface area (Å²) in [7, 11) is 0. The van der Waals surface area contributed by atoms with Crippen LogP contribution in [0, 0.1) is 34.0 Å². The topological polar surface area (TPSA) is 140 Å². The molecule has 2 saturated heterocycles. The average Bonchev–Trinajstić information content (AvgIpc) is 2.81. The van der Waals surface area contributed by atoms with Crippen molar-refractivity contribution < 1.29 is 43.9 Å². The van der Waals surface area contributed by atoms with Gasteiger partial charge in [0.05, 0.1) is 12.7 Å². The molecular weight excluding hydrogens is 432 g/mol. The van der Waals surface area contributed by atoms with Gasteiger partial charge >= 0.3 is 11.9 Å². The summed E-state index contributed by atoms with van der Waals surface area (Å²) in [5.74, 6) is -6.44. The number of aliphatic hydroxyl groups excluding tert-OH is 2. The van der Waals surface area contributed by atoms with Crippen molar-refractivity contribution in [2.45, 2.75) is 77.2 Å². The third kappa shape index (κ3) is 2.39. The van der Waals surface area contributed by atoms with Crippen LogP contribution in [0.5, 0.6) is 0 Å². The zero-order valence-corrected chi connectivity index (χ0v) is 19.4. The number of ketones is 1. The minimum Gasteiger partial charge on any atom is -0.462 e. The number of esters is 2. The predicted molar refractivity (Wildman–Crippen MR) is 111 cm³/mol. The first-order chi connectivity index (χ1) is 15.3. The minimum atomic E-state index is -2.41. The van der Waals surface area contributed by atoms with Gasteiger partial charge in [-0.15, -0.1) is 0 Å². The van der Waals surface area contributed by atoms with Crippen LogP contribution in [-0.4, -0.2) is 69.9 Å². The zero-order chi connectivity index (χ0) is 24.3. The van der Waals surface area contributed by atoms with Crippen molar-refractivity contribution >= 4 is 17.7 Å². The summed E-state index contributed by atoms with van der Waals surface area (Å²) >= 11 is 0. The van der Waals surface area contributed by atoms with E-state index in [1.54, 1.807) is 0 Å². The molecular formula is C24H32O9. The Labute approximate surface area is 192 Å². The number of carbonyl (C=O) groups is 3. The van der Waals surface area contributed by atoms with E-state index < -0.39 is 81.9 Å². The summed E-state index contributed by atoms with van der Waals surface area (Å²) in [6.07, 6.45) is -3.40. The van der Waals surface area contributed by atoms with Gasteiger partial charge in [0.1, 0.15) is 23.7 Å². The molecule has 2 spiro atoms. The van der Waals surface area contributed by atoms with Crippen molar-refractivity contribution in [1.82, 2.24) is 0 Å². The molecule has 6 aliphatic rings. The first-order valence-corrected chi connectivity index (χ1v) is 11.6. The first kappa shape index (κ1) is 23.0. The maximum absolute atomic E-state index is 13.8. The molecule has 10 atom stereocenters. The highest BCUT2D eigenvalue weighted by Crippen LogP contribution is 2.77. The van der Waals surface area contributed by atoms with Gasteiger partial charge in [-0.05, 0) is 30.3 Å². The Balaban J connectivity index is 1.83. The van der Waals surface area contributed by atoms with Crippen molar-refractivity contribution in [3.63, 3.8) is 0 Å². The maximum Gasteiger partial charge on any atom is 0.302 e. The van der Waals surface area contributed by atoms with Crippen LogP contribution in [0.25, 0.3) is 0 Å². The van der Waals surface area contributed by atoms with Crippen molar-refractivity contribution in [3.8, 4) is 0 Å². The smallest absolute Gasteiger partial charge is 0.302 e. The third-order valence-corrected chi connectivity index (χ3v) is 9.44. The van der Waals surface area contributed by atoms with E-state index in [2.05, 4.69) is 6.58 Å². The zero-order valence-electron chi connectivity index (χ0n) is 19.4. The van der Waals surface area contributed by atoms with Crippen LogP contribution < -0.4 is 0 Å². The van der Waals surface area contributed by atoms with Gasteiger partial charge in [-0.3, -0.25) is 14.4 Å². The van der Waals surface area contributed by atoms with Crippen molar-refractivity contribution in [2.75, 3.05) is 6.61 Å². The molecule has 0 unspecified atom stereocenters. The lowest BCUT2D eigenvalue weighted by molar-refractivity contribution is -0.465. The number of fused-ring (bicyclic) bond motifs is 2. The molecule has 0 aromatic rings. The fourth-order valence-corrected chi connectivity index (χ4v) is 8.57. The van der Waals surface area contributed by atoms with Crippen molar-refractivity contribution in [3.05, 3.63) is 12.2 Å². The van der Waals surface area contributed by atoms with E-state index in [4.69, 9.17) is 14.2 Å². The summed E-state index contributed by atoms with van der Waals surface area (Å²) in [6, 6.07) is 0. The van der Waals surface area contributed by atoms with Gasteiger partial charge in [-0.1, -0.05) is 20.4 Å². The lowest BCUT2D eigenvalue weighted by Gasteiger charge is -2.75. The highest BCUT2D eigenvalue weighted by molar-refractivity contribution is 6.05. The van der Waals surface area contributed by atoms with Gasteiger partial charge in [0.15, 0.2) is 5.78 Å². The number of rotatable bonds is 2. The Bertz CT molecular complexity index is 958. The number of hydrogen-bond acceptors (Lipinski definition) is 9. The second-order valence-electron chi connectivity index (χ2n) is 11.3. The van der Waals surface area contributed by atoms with E-state index in [1.165, 1.54) is 13.8 Å². The molecule has 4 aliphatic carbocycles. The van der Waals surface area contributed by atoms with Gasteiger partial charge in [-0.2, -0.15) is 0 Å². The van der Waals surface area contributed by atoms with Crippen LogP contribution >= 0.6 is 0 Å². The normalized spacial score (nSPS) is 51.5. The van der Waals surface area contributed by atoms with Crippen LogP contribution in [0.3, 0.4) is 0 Å². The van der Waals surface area contributed by atoms with Crippen molar-refractivity contribution in [2.24, 2.45) is 34.0 Å². The van der Waals surface area contributed by atoms with E-state index in [-0.39, 0.29) is 18.6 Å². The van der Waals surface area contributed by atoms with Gasteiger partial charge in [-0.25, -0.2) is 0 Å². The molecule has 9 nitrogen and oxygen atoms in total. The van der Waals surface area contributed by atoms with E-state index >= 15 is 0 Å². The standard InChI is InChI=1S/C24H32O9/c1-10-13-8-14(32-11(2)25)16-22-9-31-24(30,23(16,18(10)27)19(13)28)20(29)17(22)21(4,5)7-6-15(22)33-12(3)26/h13-17,19-20,28-30H,1,6-9H2,2-5H3/t13-,14+,15-,16-,17+,19+,20-,22-,23-,24+/m0/s1. The maximum atomic E-state index is 13.8. The van der Waals surface area contributed by atoms with Crippen LogP contribution in [0.2, 0.25) is 0 Å². The lowest BCUT2D eigenvalue weighted by Crippen LogP contribution is -2.87. The minimum absolute atomic E-state index is 0.117. The molecule has 6 fully saturated rings. The summed E-state index contributed by atoms with van der Waals surface area (Å²) in [5.41, 5.74) is -3.58. The van der Waals surface area contributed by atoms with E-state index in [0.29, 0.717) is 12.8 Å². The van der Waals surface area contributed by atoms with Gasteiger partial charge in [0, 0.05) is 37.0 Å². The molecule has 33 heavy (non-hydrogen) atoms. The highest BCUT2D eigenvalue weighted by Gasteiger charge is 2.89. The van der Waals surface area contributed by atoms with Crippen LogP contribution in [0.15, 0.2) is 12.2 Å². The predicted octanol–water partition coefficient (Wildman–Crippen LogP) is 0.488. The molecule has 6 rings (SSSR count). The first-order valence-electron chi connectivity index (χ1n) is 11.6. The second kappa shape index (κ2) is 6.65. The lowest BCUT2D eigenvalue weighted by atomic mass is 9.35. The van der Waals surface area contributed by atoms with Gasteiger partial charge < -0.3 is 29.5 Å². The number of Topliss-reactive ketones (excluding diaryl/α,β-unsaturated/α-hetero) is 1. The fourth-order valence-electron chi connectivity index (χ4n) is 8.57. The number of aliphatic hydroxyl groups is 3. The van der Waals surface area contributed by atoms with Crippen molar-refractivity contribution in [1.29, 1.82) is 0 Å². The molecule has 4 bridgehead atoms. The van der Waals surface area contributed by atoms with Crippen LogP contribution in [-0.2, 0) is 28.6 Å². The summed E-state index contributed by atoms with van der Waals surface area (Å²) in [4.78, 5) is 38.1. The van der Waals surface area contributed by atoms with E-state index in [0.717, 1.165) is 0 Å². The SMILES string of the molecule is C=C1C(=O)[C@]23[C@H](O)[C@H]1C[C@@H](OC(C)=O)[C@H]2[C@@]12CO[C@]3(O)[C@@H](O)[C@@H]1C(C)(C)CC[C@@H]2OC(C)=O. The average molecular weight is 465 g/mol. The molecule has 2 aliphatic heterocycles. The van der Waals surface area contributed by atoms with Crippen LogP contribution in [0.4, 0.5) is 0 Å². The highest BCUT2D eigenvalue weighted by atomic mass is 16.6. The molecule has 3 N–H and O–H groups in total. The van der Waals surface area contributed by atoms with Crippen LogP contribution in [0.1, 0.15) is 47.0 Å². The molecule has 2 heterocycles. The Morgan fingerprint density at radius 3 is 2.33 bits per heavy atom. The Morgan fingerprint density at radius 1 is 1.09 bits per heavy atom. The summed E-state index contributed by atoms with van der Waals surface area (Å²) in [5, 5.41) is 35.1. The number of carbonyl (C=O) groups excluding carboxylic acids is 3. The van der Waals surface area contributed by atoms with E-state index in [9.17, 15) is 29.7 Å². The van der Waals surface area contributed by atoms with Gasteiger partial charge in [0.25, 0.3) is 0 Å². The third-order valence-electron chi connectivity index (χ3n) is 9.44. The molecule has 0 aromatic heterocycles. The van der Waals surface area contributed by atoms with E-state index in [1.807, 2.05) is 13.8 Å². The van der Waals surface area contributed by atoms with Gasteiger partial charge in [0.2, 0.25) is 5.79 Å². The molecule has 4 saturated carbocycles. The molecule has 0 aromatic carbocycles. The number of ether oxygens (including phenoxy) is 3. The summed E-state index contributed by atoms with van der Waals surface area (Å²) in [6.45, 7) is 10.2. The monoisotopic (exact) mass is 464 g/mol. The number of hydrogen-bond donors (Lipinski definition) is 3.